The van der Waals surface area contributed by atoms with E-state index in [9.17, 15) is 9.59 Å². The van der Waals surface area contributed by atoms with Gasteiger partial charge in [0.1, 0.15) is 0 Å². The number of rotatable bonds is 10. The van der Waals surface area contributed by atoms with E-state index in [0.717, 1.165) is 16.5 Å². The SMILES string of the molecule is COCCNC(=O)C1=C[C@@H](c2cn(C(C)=O)c3ccccc23)C[C@@H](OCCCCO)O1. The van der Waals surface area contributed by atoms with Gasteiger partial charge in [-0.15, -0.1) is 0 Å². The first kappa shape index (κ1) is 23.0. The fourth-order valence-electron chi connectivity index (χ4n) is 3.68. The minimum absolute atomic E-state index is 0.0761. The van der Waals surface area contributed by atoms with Crippen molar-refractivity contribution in [2.75, 3.05) is 33.5 Å². The summed E-state index contributed by atoms with van der Waals surface area (Å²) in [4.78, 5) is 24.8. The van der Waals surface area contributed by atoms with Crippen LogP contribution in [0.15, 0.2) is 42.3 Å². The number of aromatic nitrogens is 1. The molecule has 0 fully saturated rings. The summed E-state index contributed by atoms with van der Waals surface area (Å²) in [5.41, 5.74) is 1.77. The van der Waals surface area contributed by atoms with E-state index >= 15 is 0 Å². The third kappa shape index (κ3) is 5.72. The van der Waals surface area contributed by atoms with Crippen LogP contribution in [0.3, 0.4) is 0 Å². The van der Waals surface area contributed by atoms with Gasteiger partial charge in [-0.05, 0) is 30.5 Å². The summed E-state index contributed by atoms with van der Waals surface area (Å²) in [6.07, 6.45) is 4.88. The summed E-state index contributed by atoms with van der Waals surface area (Å²) < 4.78 is 18.3. The van der Waals surface area contributed by atoms with E-state index in [4.69, 9.17) is 19.3 Å². The quantitative estimate of drug-likeness (QED) is 0.562. The average molecular weight is 431 g/mol. The van der Waals surface area contributed by atoms with Crippen LogP contribution in [0.5, 0.6) is 0 Å². The number of aliphatic hydroxyl groups excluding tert-OH is 1. The Labute approximate surface area is 181 Å². The maximum atomic E-state index is 12.6. The second kappa shape index (κ2) is 11.1. The van der Waals surface area contributed by atoms with Crippen LogP contribution < -0.4 is 5.32 Å². The molecule has 3 rings (SSSR count). The fraction of sp³-hybridized carbons (Fsp3) is 0.478. The zero-order valence-corrected chi connectivity index (χ0v) is 18.0. The van der Waals surface area contributed by atoms with E-state index in [2.05, 4.69) is 5.32 Å². The predicted molar refractivity (Wildman–Crippen MR) is 116 cm³/mol. The van der Waals surface area contributed by atoms with Gasteiger partial charge in [0.2, 0.25) is 12.2 Å². The number of carbonyl (C=O) groups excluding carboxylic acids is 2. The van der Waals surface area contributed by atoms with Gasteiger partial charge in [0.15, 0.2) is 5.76 Å². The molecule has 2 aromatic rings. The molecule has 2 heterocycles. The molecule has 1 amide bonds. The molecule has 0 bridgehead atoms. The lowest BCUT2D eigenvalue weighted by molar-refractivity contribution is -0.146. The molecule has 1 aliphatic heterocycles. The standard InChI is InChI=1S/C23H30N2O6/c1-16(27)25-15-19(18-7-3-4-8-20(18)25)17-13-21(23(28)24-9-12-29-2)31-22(14-17)30-11-6-5-10-26/h3-4,7-8,13,15,17,22,26H,5-6,9-12,14H2,1-2H3,(H,24,28)/t17-,22+/m1/s1. The maximum absolute atomic E-state index is 12.6. The number of fused-ring (bicyclic) bond motifs is 1. The summed E-state index contributed by atoms with van der Waals surface area (Å²) in [5.74, 6) is -0.377. The van der Waals surface area contributed by atoms with Gasteiger partial charge in [0, 0.05) is 51.1 Å². The number of allylic oxidation sites excluding steroid dienone is 1. The third-order valence-electron chi connectivity index (χ3n) is 5.21. The van der Waals surface area contributed by atoms with Gasteiger partial charge in [-0.3, -0.25) is 14.2 Å². The van der Waals surface area contributed by atoms with Gasteiger partial charge >= 0.3 is 0 Å². The Morgan fingerprint density at radius 3 is 2.81 bits per heavy atom. The largest absolute Gasteiger partial charge is 0.459 e. The number of aliphatic hydroxyl groups is 1. The zero-order valence-electron chi connectivity index (χ0n) is 18.0. The molecule has 0 radical (unpaired) electrons. The highest BCUT2D eigenvalue weighted by molar-refractivity contribution is 5.95. The van der Waals surface area contributed by atoms with Crippen LogP contribution in [-0.4, -0.2) is 61.3 Å². The van der Waals surface area contributed by atoms with Gasteiger partial charge in [-0.25, -0.2) is 0 Å². The molecular formula is C23H30N2O6. The Morgan fingerprint density at radius 2 is 2.06 bits per heavy atom. The second-order valence-electron chi connectivity index (χ2n) is 7.46. The van der Waals surface area contributed by atoms with Gasteiger partial charge in [-0.2, -0.15) is 0 Å². The van der Waals surface area contributed by atoms with Gasteiger partial charge in [-0.1, -0.05) is 18.2 Å². The fourth-order valence-corrected chi connectivity index (χ4v) is 3.68. The average Bonchev–Trinajstić information content (AvgIpc) is 3.17. The number of benzene rings is 1. The number of ether oxygens (including phenoxy) is 3. The molecular weight excluding hydrogens is 400 g/mol. The number of para-hydroxylation sites is 1. The van der Waals surface area contributed by atoms with Crippen molar-refractivity contribution in [1.82, 2.24) is 9.88 Å². The molecule has 1 aliphatic rings. The first-order valence-corrected chi connectivity index (χ1v) is 10.5. The first-order chi connectivity index (χ1) is 15.0. The van der Waals surface area contributed by atoms with Crippen LogP contribution in [0.25, 0.3) is 10.9 Å². The summed E-state index contributed by atoms with van der Waals surface area (Å²) >= 11 is 0. The molecule has 8 heteroatoms. The van der Waals surface area contributed by atoms with E-state index < -0.39 is 6.29 Å². The van der Waals surface area contributed by atoms with Crippen LogP contribution in [-0.2, 0) is 19.0 Å². The van der Waals surface area contributed by atoms with Crippen molar-refractivity contribution in [1.29, 1.82) is 0 Å². The lowest BCUT2D eigenvalue weighted by Gasteiger charge is -2.29. The second-order valence-corrected chi connectivity index (χ2v) is 7.46. The summed E-state index contributed by atoms with van der Waals surface area (Å²) in [6.45, 7) is 2.82. The molecule has 0 aliphatic carbocycles. The third-order valence-corrected chi connectivity index (χ3v) is 5.21. The zero-order chi connectivity index (χ0) is 22.2. The van der Waals surface area contributed by atoms with E-state index in [1.54, 1.807) is 17.8 Å². The summed E-state index contributed by atoms with van der Waals surface area (Å²) in [7, 11) is 1.57. The molecule has 2 N–H and O–H groups in total. The van der Waals surface area contributed by atoms with Crippen molar-refractivity contribution in [3.05, 3.63) is 47.9 Å². The number of hydrogen-bond donors (Lipinski definition) is 2. The molecule has 0 spiro atoms. The van der Waals surface area contributed by atoms with Crippen molar-refractivity contribution >= 4 is 22.7 Å². The smallest absolute Gasteiger partial charge is 0.286 e. The van der Waals surface area contributed by atoms with Gasteiger partial charge in [0.05, 0.1) is 18.7 Å². The van der Waals surface area contributed by atoms with Crippen LogP contribution in [0, 0.1) is 0 Å². The Hall–Kier alpha value is -2.68. The number of unbranched alkanes of at least 4 members (excludes halogenated alkanes) is 1. The Kier molecular flexibility index (Phi) is 8.22. The van der Waals surface area contributed by atoms with Gasteiger partial charge < -0.3 is 24.6 Å². The number of nitrogens with one attached hydrogen (secondary N) is 1. The van der Waals surface area contributed by atoms with Crippen molar-refractivity contribution in [3.63, 3.8) is 0 Å². The number of hydrogen-bond acceptors (Lipinski definition) is 6. The van der Waals surface area contributed by atoms with Crippen LogP contribution in [0.1, 0.15) is 42.5 Å². The highest BCUT2D eigenvalue weighted by Crippen LogP contribution is 2.36. The minimum Gasteiger partial charge on any atom is -0.459 e. The lowest BCUT2D eigenvalue weighted by atomic mass is 9.92. The lowest BCUT2D eigenvalue weighted by Crippen LogP contribution is -2.34. The molecule has 1 aromatic heterocycles. The van der Waals surface area contributed by atoms with Crippen molar-refractivity contribution in [2.24, 2.45) is 0 Å². The van der Waals surface area contributed by atoms with E-state index in [-0.39, 0.29) is 30.1 Å². The van der Waals surface area contributed by atoms with Crippen molar-refractivity contribution in [3.8, 4) is 0 Å². The number of methoxy groups -OCH3 is 1. The summed E-state index contributed by atoms with van der Waals surface area (Å²) in [5, 5.41) is 12.7. The normalized spacial score (nSPS) is 18.5. The highest BCUT2D eigenvalue weighted by atomic mass is 16.7. The van der Waals surface area contributed by atoms with Crippen molar-refractivity contribution in [2.45, 2.75) is 38.4 Å². The molecule has 168 valence electrons. The monoisotopic (exact) mass is 430 g/mol. The molecule has 0 unspecified atom stereocenters. The number of nitrogens with zero attached hydrogens (tertiary/aromatic N) is 1. The van der Waals surface area contributed by atoms with Crippen LogP contribution in [0.2, 0.25) is 0 Å². The first-order valence-electron chi connectivity index (χ1n) is 10.5. The predicted octanol–water partition coefficient (Wildman–Crippen LogP) is 2.57. The van der Waals surface area contributed by atoms with Crippen LogP contribution in [0.4, 0.5) is 0 Å². The van der Waals surface area contributed by atoms with Crippen LogP contribution >= 0.6 is 0 Å². The topological polar surface area (TPSA) is 99.0 Å². The molecule has 8 nitrogen and oxygen atoms in total. The molecule has 1 aromatic carbocycles. The molecule has 31 heavy (non-hydrogen) atoms. The Bertz CT molecular complexity index is 935. The van der Waals surface area contributed by atoms with E-state index in [0.29, 0.717) is 39.0 Å². The molecule has 0 saturated carbocycles. The number of carbonyl (C=O) groups is 2. The highest BCUT2D eigenvalue weighted by Gasteiger charge is 2.30. The molecule has 2 atom stereocenters. The molecule has 0 saturated heterocycles. The Balaban J connectivity index is 1.89. The maximum Gasteiger partial charge on any atom is 0.286 e. The summed E-state index contributed by atoms with van der Waals surface area (Å²) in [6, 6.07) is 7.71. The number of amides is 1. The van der Waals surface area contributed by atoms with Crippen molar-refractivity contribution < 1.29 is 28.9 Å². The van der Waals surface area contributed by atoms with Gasteiger partial charge in [0.25, 0.3) is 5.91 Å². The van der Waals surface area contributed by atoms with E-state index in [1.807, 2.05) is 30.5 Å². The Morgan fingerprint density at radius 1 is 1.26 bits per heavy atom. The minimum atomic E-state index is -0.601. The van der Waals surface area contributed by atoms with E-state index in [1.165, 1.54) is 6.92 Å².